The van der Waals surface area contributed by atoms with Gasteiger partial charge in [0.1, 0.15) is 0 Å². The minimum absolute atomic E-state index is 0. The van der Waals surface area contributed by atoms with E-state index in [1.165, 1.54) is 0 Å². The van der Waals surface area contributed by atoms with Crippen LogP contribution < -0.4 is 0 Å². The average molecular weight is 263 g/mol. The molecule has 0 radical (unpaired) electrons. The van der Waals surface area contributed by atoms with Gasteiger partial charge in [-0.15, -0.1) is 0 Å². The molecule has 0 bridgehead atoms. The molecule has 9 heavy (non-hydrogen) atoms. The summed E-state index contributed by atoms with van der Waals surface area (Å²) in [5, 5.41) is 13.9. The Morgan fingerprint density at radius 2 is 0.778 bits per heavy atom. The van der Waals surface area contributed by atoms with Crippen molar-refractivity contribution in [3.05, 3.63) is 0 Å². The summed E-state index contributed by atoms with van der Waals surface area (Å²) < 4.78 is 0. The molecule has 0 rings (SSSR count). The van der Waals surface area contributed by atoms with Crippen molar-refractivity contribution in [3.63, 3.8) is 0 Å². The van der Waals surface area contributed by atoms with Crippen molar-refractivity contribution in [1.29, 1.82) is 0 Å². The van der Waals surface area contributed by atoms with Crippen LogP contribution >= 0.6 is 0 Å². The van der Waals surface area contributed by atoms with E-state index in [9.17, 15) is 0 Å². The molecule has 0 aromatic heterocycles. The van der Waals surface area contributed by atoms with Gasteiger partial charge in [0.2, 0.25) is 0 Å². The molecular weight excluding hydrogens is 255 g/mol. The molecule has 0 aromatic rings. The Kier molecular flexibility index (Phi) is 118. The van der Waals surface area contributed by atoms with E-state index < -0.39 is 6.16 Å². The second-order valence-corrected chi connectivity index (χ2v) is 0.283. The van der Waals surface area contributed by atoms with E-state index in [0.29, 0.717) is 0 Å². The first-order valence-electron chi connectivity index (χ1n) is 0.651. The van der Waals surface area contributed by atoms with Gasteiger partial charge in [-0.2, -0.15) is 0 Å². The normalized spacial score (nSPS) is 2.67. The van der Waals surface area contributed by atoms with Gasteiger partial charge in [0, 0.05) is 0 Å². The summed E-state index contributed by atoms with van der Waals surface area (Å²) in [6.45, 7) is 0. The quantitative estimate of drug-likeness (QED) is 0.457. The van der Waals surface area contributed by atoms with Crippen molar-refractivity contribution in [2.24, 2.45) is 0 Å². The van der Waals surface area contributed by atoms with Crippen LogP contribution in [0.4, 0.5) is 4.79 Å². The monoisotopic (exact) mass is 262 g/mol. The van der Waals surface area contributed by atoms with Gasteiger partial charge in [0.25, 0.3) is 0 Å². The van der Waals surface area contributed by atoms with Crippen molar-refractivity contribution in [2.75, 3.05) is 0 Å². The molecule has 34 valence electrons. The first-order chi connectivity index (χ1) is 1.73. The fourth-order valence-electron chi connectivity index (χ4n) is 0. The van der Waals surface area contributed by atoms with Crippen LogP contribution in [0.2, 0.25) is 0 Å². The predicted octanol–water partition coefficient (Wildman–Crippen LogP) is -3.02. The fraction of sp³-hybridized carbons (Fsp3) is 0. The topological polar surface area (TPSA) is 57.5 Å². The molecule has 0 atom stereocenters. The van der Waals surface area contributed by atoms with E-state index in [1.807, 2.05) is 0 Å². The molecular formula is CH7K5O3. The van der Waals surface area contributed by atoms with Crippen LogP contribution in [0.3, 0.4) is 0 Å². The molecule has 2 N–H and O–H groups in total. The molecule has 0 fully saturated rings. The van der Waals surface area contributed by atoms with Crippen molar-refractivity contribution >= 4 is 263 Å². The van der Waals surface area contributed by atoms with E-state index in [1.54, 1.807) is 0 Å². The van der Waals surface area contributed by atoms with Crippen LogP contribution in [-0.4, -0.2) is 273 Å². The molecule has 0 aliphatic rings. The summed E-state index contributed by atoms with van der Waals surface area (Å²) >= 11 is 0. The van der Waals surface area contributed by atoms with Crippen LogP contribution in [0, 0.1) is 0 Å². The van der Waals surface area contributed by atoms with Gasteiger partial charge in [-0.05, 0) is 0 Å². The standard InChI is InChI=1S/CH2O3.5K.5H/c2-1(3)4;;;;;;;;;;/h(H2,2,3,4);;;;;;;;;;. The molecule has 0 amide bonds. The molecule has 8 heteroatoms. The van der Waals surface area contributed by atoms with Crippen LogP contribution in [-0.2, 0) is 0 Å². The Hall–Kier alpha value is 7.45. The zero-order valence-corrected chi connectivity index (χ0v) is 1.80. The van der Waals surface area contributed by atoms with Crippen molar-refractivity contribution in [3.8, 4) is 0 Å². The van der Waals surface area contributed by atoms with E-state index in [2.05, 4.69) is 0 Å². The zero-order chi connectivity index (χ0) is 3.58. The van der Waals surface area contributed by atoms with Gasteiger partial charge >= 0.3 is 263 Å². The predicted molar refractivity (Wildman–Crippen MR) is 46.4 cm³/mol. The summed E-state index contributed by atoms with van der Waals surface area (Å²) in [7, 11) is 0. The van der Waals surface area contributed by atoms with Gasteiger partial charge in [-0.1, -0.05) is 0 Å². The van der Waals surface area contributed by atoms with Gasteiger partial charge in [0.15, 0.2) is 0 Å². The second-order valence-electron chi connectivity index (χ2n) is 0.283. The third-order valence-corrected chi connectivity index (χ3v) is 0. The first-order valence-corrected chi connectivity index (χ1v) is 0.651. The molecule has 0 aliphatic carbocycles. The summed E-state index contributed by atoms with van der Waals surface area (Å²) in [6.07, 6.45) is -1.83. The third kappa shape index (κ3) is 50.4. The minimum atomic E-state index is -1.83. The Bertz CT molecular complexity index is 35.2. The van der Waals surface area contributed by atoms with E-state index in [0.717, 1.165) is 0 Å². The van der Waals surface area contributed by atoms with E-state index in [-0.39, 0.29) is 257 Å². The number of hydrogen-bond donors (Lipinski definition) is 2. The third-order valence-electron chi connectivity index (χ3n) is 0. The molecule has 0 heterocycles. The Morgan fingerprint density at radius 1 is 0.778 bits per heavy atom. The van der Waals surface area contributed by atoms with E-state index in [4.69, 9.17) is 15.0 Å². The van der Waals surface area contributed by atoms with E-state index >= 15 is 0 Å². The molecule has 0 aliphatic heterocycles. The summed E-state index contributed by atoms with van der Waals surface area (Å²) in [6, 6.07) is 0. The van der Waals surface area contributed by atoms with Gasteiger partial charge in [0.05, 0.1) is 0 Å². The van der Waals surface area contributed by atoms with Crippen LogP contribution in [0.15, 0.2) is 0 Å². The molecule has 0 aromatic carbocycles. The van der Waals surface area contributed by atoms with Gasteiger partial charge < -0.3 is 10.2 Å². The molecule has 0 unspecified atom stereocenters. The Balaban J connectivity index is -0.00000000450. The average Bonchev–Trinajstić information content (AvgIpc) is 0.811. The molecule has 0 spiro atoms. The Labute approximate surface area is 267 Å². The van der Waals surface area contributed by atoms with Crippen molar-refractivity contribution < 1.29 is 15.0 Å². The SMILES string of the molecule is O=C(O)O.[KH].[KH].[KH].[KH].[KH]. The maximum atomic E-state index is 8.56. The molecule has 0 saturated carbocycles. The Morgan fingerprint density at radius 3 is 0.778 bits per heavy atom. The number of carbonyl (C=O) groups is 1. The molecule has 0 saturated heterocycles. The summed E-state index contributed by atoms with van der Waals surface area (Å²) in [5.74, 6) is 0. The fourth-order valence-corrected chi connectivity index (χ4v) is 0. The molecule has 3 nitrogen and oxygen atoms in total. The van der Waals surface area contributed by atoms with Crippen molar-refractivity contribution in [1.82, 2.24) is 0 Å². The number of hydrogen-bond acceptors (Lipinski definition) is 1. The first kappa shape index (κ1) is 36.0. The zero-order valence-electron chi connectivity index (χ0n) is 1.80. The van der Waals surface area contributed by atoms with Crippen LogP contribution in [0.5, 0.6) is 0 Å². The number of carboxylic acid groups (broad SMARTS) is 2. The van der Waals surface area contributed by atoms with Gasteiger partial charge in [-0.25, -0.2) is 4.79 Å². The summed E-state index contributed by atoms with van der Waals surface area (Å²) in [4.78, 5) is 8.56. The van der Waals surface area contributed by atoms with Gasteiger partial charge in [-0.3, -0.25) is 0 Å². The summed E-state index contributed by atoms with van der Waals surface area (Å²) in [5.41, 5.74) is 0. The van der Waals surface area contributed by atoms with Crippen LogP contribution in [0.25, 0.3) is 0 Å². The second kappa shape index (κ2) is 29.5. The number of rotatable bonds is 0. The van der Waals surface area contributed by atoms with Crippen LogP contribution in [0.1, 0.15) is 0 Å². The van der Waals surface area contributed by atoms with Crippen molar-refractivity contribution in [2.45, 2.75) is 0 Å². The maximum absolute atomic E-state index is 8.56.